The number of carbonyl (C=O) groups excluding carboxylic acids is 1. The molecule has 4 nitrogen and oxygen atoms in total. The molecule has 0 spiro atoms. The quantitative estimate of drug-likeness (QED) is 0.633. The monoisotopic (exact) mass is 214 g/mol. The molecule has 1 saturated carbocycles. The van der Waals surface area contributed by atoms with Crippen LogP contribution < -0.4 is 11.1 Å². The SMILES string of the molecule is CCC(N)C(=O)NCC1CCCC(O)C1. The van der Waals surface area contributed by atoms with Gasteiger partial charge in [-0.25, -0.2) is 0 Å². The lowest BCUT2D eigenvalue weighted by atomic mass is 9.87. The van der Waals surface area contributed by atoms with Gasteiger partial charge in [0.15, 0.2) is 0 Å². The van der Waals surface area contributed by atoms with E-state index >= 15 is 0 Å². The third kappa shape index (κ3) is 4.18. The van der Waals surface area contributed by atoms with Crippen LogP contribution in [0.25, 0.3) is 0 Å². The van der Waals surface area contributed by atoms with Gasteiger partial charge in [-0.3, -0.25) is 4.79 Å². The highest BCUT2D eigenvalue weighted by molar-refractivity contribution is 5.81. The minimum absolute atomic E-state index is 0.0717. The number of nitrogens with one attached hydrogen (secondary N) is 1. The number of aliphatic hydroxyl groups is 1. The third-order valence-electron chi connectivity index (χ3n) is 3.10. The lowest BCUT2D eigenvalue weighted by Crippen LogP contribution is -2.42. The van der Waals surface area contributed by atoms with Crippen molar-refractivity contribution in [3.8, 4) is 0 Å². The lowest BCUT2D eigenvalue weighted by molar-refractivity contribution is -0.122. The Labute approximate surface area is 91.2 Å². The summed E-state index contributed by atoms with van der Waals surface area (Å²) in [6, 6.07) is -0.390. The van der Waals surface area contributed by atoms with Crippen molar-refractivity contribution in [3.63, 3.8) is 0 Å². The summed E-state index contributed by atoms with van der Waals surface area (Å²) in [7, 11) is 0. The highest BCUT2D eigenvalue weighted by Crippen LogP contribution is 2.23. The topological polar surface area (TPSA) is 75.4 Å². The molecule has 0 aromatic carbocycles. The van der Waals surface area contributed by atoms with Gasteiger partial charge in [0.1, 0.15) is 0 Å². The zero-order valence-corrected chi connectivity index (χ0v) is 9.41. The number of nitrogens with two attached hydrogens (primary N) is 1. The molecule has 0 saturated heterocycles. The molecule has 1 aliphatic rings. The maximum absolute atomic E-state index is 11.4. The summed E-state index contributed by atoms with van der Waals surface area (Å²) in [6.07, 6.45) is 4.35. The Morgan fingerprint density at radius 2 is 2.33 bits per heavy atom. The number of carbonyl (C=O) groups is 1. The second-order valence-corrected chi connectivity index (χ2v) is 4.45. The van der Waals surface area contributed by atoms with Crippen LogP contribution in [-0.4, -0.2) is 29.7 Å². The normalized spacial score (nSPS) is 28.5. The van der Waals surface area contributed by atoms with Crippen LogP contribution in [0.4, 0.5) is 0 Å². The predicted octanol–water partition coefficient (Wildman–Crippen LogP) is 0.391. The van der Waals surface area contributed by atoms with Crippen LogP contribution >= 0.6 is 0 Å². The van der Waals surface area contributed by atoms with Gasteiger partial charge in [0.2, 0.25) is 5.91 Å². The summed E-state index contributed by atoms with van der Waals surface area (Å²) in [5, 5.41) is 12.3. The first kappa shape index (κ1) is 12.5. The van der Waals surface area contributed by atoms with Crippen LogP contribution in [0.2, 0.25) is 0 Å². The van der Waals surface area contributed by atoms with Crippen molar-refractivity contribution in [2.45, 2.75) is 51.2 Å². The van der Waals surface area contributed by atoms with Crippen molar-refractivity contribution in [2.75, 3.05) is 6.54 Å². The summed E-state index contributed by atoms with van der Waals surface area (Å²) < 4.78 is 0. The summed E-state index contributed by atoms with van der Waals surface area (Å²) >= 11 is 0. The minimum Gasteiger partial charge on any atom is -0.393 e. The van der Waals surface area contributed by atoms with Gasteiger partial charge >= 0.3 is 0 Å². The third-order valence-corrected chi connectivity index (χ3v) is 3.10. The number of aliphatic hydroxyl groups excluding tert-OH is 1. The van der Waals surface area contributed by atoms with Crippen LogP contribution in [0.5, 0.6) is 0 Å². The fraction of sp³-hybridized carbons (Fsp3) is 0.909. The van der Waals surface area contributed by atoms with Gasteiger partial charge in [-0.1, -0.05) is 13.3 Å². The highest BCUT2D eigenvalue weighted by Gasteiger charge is 2.21. The van der Waals surface area contributed by atoms with E-state index in [2.05, 4.69) is 5.32 Å². The van der Waals surface area contributed by atoms with Crippen molar-refractivity contribution in [1.29, 1.82) is 0 Å². The number of rotatable bonds is 4. The fourth-order valence-electron chi connectivity index (χ4n) is 2.01. The van der Waals surface area contributed by atoms with E-state index in [9.17, 15) is 9.90 Å². The number of amides is 1. The second-order valence-electron chi connectivity index (χ2n) is 4.45. The molecule has 0 aromatic heterocycles. The van der Waals surface area contributed by atoms with Crippen LogP contribution in [0.15, 0.2) is 0 Å². The van der Waals surface area contributed by atoms with Crippen LogP contribution in [-0.2, 0) is 4.79 Å². The molecule has 0 aromatic rings. The van der Waals surface area contributed by atoms with Gasteiger partial charge < -0.3 is 16.2 Å². The Bertz CT molecular complexity index is 209. The Hall–Kier alpha value is -0.610. The molecule has 88 valence electrons. The van der Waals surface area contributed by atoms with E-state index in [4.69, 9.17) is 5.73 Å². The van der Waals surface area contributed by atoms with E-state index in [0.29, 0.717) is 18.9 Å². The largest absolute Gasteiger partial charge is 0.393 e. The molecule has 0 bridgehead atoms. The molecular weight excluding hydrogens is 192 g/mol. The molecule has 0 radical (unpaired) electrons. The maximum Gasteiger partial charge on any atom is 0.236 e. The molecule has 1 fully saturated rings. The first-order valence-electron chi connectivity index (χ1n) is 5.84. The molecule has 1 rings (SSSR count). The number of hydrogen-bond acceptors (Lipinski definition) is 3. The minimum atomic E-state index is -0.390. The molecule has 3 unspecified atom stereocenters. The fourth-order valence-corrected chi connectivity index (χ4v) is 2.01. The van der Waals surface area contributed by atoms with Gasteiger partial charge in [0.05, 0.1) is 12.1 Å². The summed E-state index contributed by atoms with van der Waals surface area (Å²) in [4.78, 5) is 11.4. The lowest BCUT2D eigenvalue weighted by Gasteiger charge is -2.26. The molecule has 0 heterocycles. The Kier molecular flexibility index (Phi) is 5.05. The number of hydrogen-bond donors (Lipinski definition) is 3. The highest BCUT2D eigenvalue weighted by atomic mass is 16.3. The van der Waals surface area contributed by atoms with Crippen LogP contribution in [0, 0.1) is 5.92 Å². The van der Waals surface area contributed by atoms with Gasteiger partial charge in [-0.05, 0) is 31.6 Å². The van der Waals surface area contributed by atoms with Gasteiger partial charge in [-0.15, -0.1) is 0 Å². The molecule has 15 heavy (non-hydrogen) atoms. The summed E-state index contributed by atoms with van der Waals surface area (Å²) in [5.74, 6) is 0.347. The Morgan fingerprint density at radius 3 is 2.93 bits per heavy atom. The van der Waals surface area contributed by atoms with E-state index in [-0.39, 0.29) is 12.0 Å². The smallest absolute Gasteiger partial charge is 0.236 e. The molecule has 1 amide bonds. The van der Waals surface area contributed by atoms with E-state index in [1.807, 2.05) is 6.92 Å². The standard InChI is InChI=1S/C11H22N2O2/c1-2-10(12)11(15)13-7-8-4-3-5-9(14)6-8/h8-10,14H,2-7,12H2,1H3,(H,13,15). The molecule has 4 N–H and O–H groups in total. The first-order chi connectivity index (χ1) is 7.13. The van der Waals surface area contributed by atoms with Crippen LogP contribution in [0.1, 0.15) is 39.0 Å². The Balaban J connectivity index is 2.21. The average molecular weight is 214 g/mol. The Morgan fingerprint density at radius 1 is 1.60 bits per heavy atom. The van der Waals surface area contributed by atoms with E-state index in [0.717, 1.165) is 25.7 Å². The van der Waals surface area contributed by atoms with Gasteiger partial charge in [0.25, 0.3) is 0 Å². The van der Waals surface area contributed by atoms with Crippen molar-refractivity contribution in [2.24, 2.45) is 11.7 Å². The molecule has 3 atom stereocenters. The summed E-state index contributed by atoms with van der Waals surface area (Å²) in [6.45, 7) is 2.55. The zero-order chi connectivity index (χ0) is 11.3. The zero-order valence-electron chi connectivity index (χ0n) is 9.41. The molecular formula is C11H22N2O2. The molecule has 0 aliphatic heterocycles. The second kappa shape index (κ2) is 6.08. The van der Waals surface area contributed by atoms with E-state index in [1.165, 1.54) is 0 Å². The van der Waals surface area contributed by atoms with Crippen molar-refractivity contribution in [3.05, 3.63) is 0 Å². The average Bonchev–Trinajstić information content (AvgIpc) is 2.25. The first-order valence-corrected chi connectivity index (χ1v) is 5.84. The molecule has 1 aliphatic carbocycles. The van der Waals surface area contributed by atoms with E-state index in [1.54, 1.807) is 0 Å². The van der Waals surface area contributed by atoms with Crippen molar-refractivity contribution >= 4 is 5.91 Å². The van der Waals surface area contributed by atoms with E-state index < -0.39 is 6.04 Å². The van der Waals surface area contributed by atoms with Gasteiger partial charge in [-0.2, -0.15) is 0 Å². The van der Waals surface area contributed by atoms with Crippen molar-refractivity contribution in [1.82, 2.24) is 5.32 Å². The maximum atomic E-state index is 11.4. The molecule has 4 heteroatoms. The summed E-state index contributed by atoms with van der Waals surface area (Å²) in [5.41, 5.74) is 5.60. The van der Waals surface area contributed by atoms with Crippen molar-refractivity contribution < 1.29 is 9.90 Å². The van der Waals surface area contributed by atoms with Gasteiger partial charge in [0, 0.05) is 6.54 Å². The van der Waals surface area contributed by atoms with Crippen LogP contribution in [0.3, 0.4) is 0 Å². The predicted molar refractivity (Wildman–Crippen MR) is 59.2 cm³/mol.